The lowest BCUT2D eigenvalue weighted by molar-refractivity contribution is 0.0930. The fraction of sp³-hybridized carbons (Fsp3) is 0.444. The van der Waals surface area contributed by atoms with E-state index in [1.807, 2.05) is 10.9 Å². The Bertz CT molecular complexity index is 751. The molecule has 0 radical (unpaired) electrons. The van der Waals surface area contributed by atoms with E-state index in [9.17, 15) is 9.18 Å². The fourth-order valence-electron chi connectivity index (χ4n) is 3.69. The van der Waals surface area contributed by atoms with Crippen LogP contribution in [-0.4, -0.2) is 28.8 Å². The molecule has 1 aliphatic heterocycles. The van der Waals surface area contributed by atoms with Crippen molar-refractivity contribution in [3.63, 3.8) is 0 Å². The summed E-state index contributed by atoms with van der Waals surface area (Å²) < 4.78 is 15.2. The molecule has 0 spiro atoms. The molecule has 2 N–H and O–H groups in total. The molecule has 24 heavy (non-hydrogen) atoms. The zero-order valence-electron chi connectivity index (χ0n) is 13.5. The van der Waals surface area contributed by atoms with Gasteiger partial charge in [-0.1, -0.05) is 6.07 Å². The van der Waals surface area contributed by atoms with Crippen molar-refractivity contribution < 1.29 is 9.18 Å². The number of carbonyl (C=O) groups is 1. The van der Waals surface area contributed by atoms with Gasteiger partial charge in [0.1, 0.15) is 11.5 Å². The number of aryl methyl sites for hydroxylation is 1. The topological polar surface area (TPSA) is 59.0 Å². The van der Waals surface area contributed by atoms with E-state index >= 15 is 0 Å². The molecular weight excluding hydrogens is 307 g/mol. The summed E-state index contributed by atoms with van der Waals surface area (Å²) in [5.74, 6) is -0.389. The number of benzene rings is 1. The van der Waals surface area contributed by atoms with E-state index < -0.39 is 0 Å². The van der Waals surface area contributed by atoms with Gasteiger partial charge in [0.15, 0.2) is 0 Å². The molecule has 4 rings (SSSR count). The van der Waals surface area contributed by atoms with Gasteiger partial charge in [0.05, 0.1) is 12.1 Å². The van der Waals surface area contributed by atoms with Crippen molar-refractivity contribution in [1.82, 2.24) is 20.4 Å². The van der Waals surface area contributed by atoms with Gasteiger partial charge in [0, 0.05) is 12.7 Å². The number of piperidine rings is 1. The highest BCUT2D eigenvalue weighted by atomic mass is 19.1. The van der Waals surface area contributed by atoms with E-state index in [-0.39, 0.29) is 17.8 Å². The van der Waals surface area contributed by atoms with E-state index in [4.69, 9.17) is 0 Å². The van der Waals surface area contributed by atoms with E-state index in [1.54, 1.807) is 18.2 Å². The zero-order valence-corrected chi connectivity index (χ0v) is 13.5. The van der Waals surface area contributed by atoms with Crippen LogP contribution in [0.1, 0.15) is 53.0 Å². The monoisotopic (exact) mass is 328 g/mol. The summed E-state index contributed by atoms with van der Waals surface area (Å²) in [5, 5.41) is 10.8. The highest BCUT2D eigenvalue weighted by Crippen LogP contribution is 2.31. The van der Waals surface area contributed by atoms with Crippen molar-refractivity contribution in [1.29, 1.82) is 0 Å². The molecule has 2 unspecified atom stereocenters. The highest BCUT2D eigenvalue weighted by molar-refractivity contribution is 5.92. The molecule has 5 nitrogen and oxygen atoms in total. The largest absolute Gasteiger partial charge is 0.344 e. The summed E-state index contributed by atoms with van der Waals surface area (Å²) in [7, 11) is 0. The second-order valence-corrected chi connectivity index (χ2v) is 6.59. The lowest BCUT2D eigenvalue weighted by atomic mass is 10.1. The van der Waals surface area contributed by atoms with Crippen LogP contribution in [0.15, 0.2) is 30.5 Å². The minimum Gasteiger partial charge on any atom is -0.344 e. The molecule has 1 saturated heterocycles. The second-order valence-electron chi connectivity index (χ2n) is 6.59. The molecule has 1 amide bonds. The molecule has 1 aromatic carbocycles. The number of halogens is 1. The van der Waals surface area contributed by atoms with Gasteiger partial charge < -0.3 is 10.6 Å². The second kappa shape index (κ2) is 6.36. The predicted molar refractivity (Wildman–Crippen MR) is 88.3 cm³/mol. The number of nitrogens with zero attached hydrogens (tertiary/aromatic N) is 2. The molecule has 126 valence electrons. The van der Waals surface area contributed by atoms with Crippen LogP contribution in [0.4, 0.5) is 4.39 Å². The lowest BCUT2D eigenvalue weighted by Gasteiger charge is -2.22. The van der Waals surface area contributed by atoms with Crippen LogP contribution in [0.3, 0.4) is 0 Å². The number of carbonyl (C=O) groups excluding carboxylic acids is 1. The van der Waals surface area contributed by atoms with Crippen LogP contribution in [0.25, 0.3) is 0 Å². The third-order valence-electron chi connectivity index (χ3n) is 4.97. The molecule has 0 bridgehead atoms. The Labute approximate surface area is 140 Å². The van der Waals surface area contributed by atoms with Crippen LogP contribution in [0, 0.1) is 5.82 Å². The average Bonchev–Trinajstić information content (AvgIpc) is 3.23. The third-order valence-corrected chi connectivity index (χ3v) is 4.97. The summed E-state index contributed by atoms with van der Waals surface area (Å²) in [6.45, 7) is 1.94. The standard InChI is InChI=1S/C18H21FN4O/c19-13-4-5-15-12(10-13)3-6-16(15)21-18(24)17-7-9-23(22-17)14-2-1-8-20-11-14/h4-5,7,9-10,14,16,20H,1-3,6,8,11H2,(H,21,24). The molecule has 2 aliphatic rings. The number of hydrogen-bond donors (Lipinski definition) is 2. The van der Waals surface area contributed by atoms with Crippen LogP contribution in [0.5, 0.6) is 0 Å². The van der Waals surface area contributed by atoms with Gasteiger partial charge in [-0.05, 0) is 61.6 Å². The van der Waals surface area contributed by atoms with E-state index in [1.165, 1.54) is 6.07 Å². The van der Waals surface area contributed by atoms with Crippen LogP contribution >= 0.6 is 0 Å². The van der Waals surface area contributed by atoms with E-state index in [0.29, 0.717) is 11.7 Å². The lowest BCUT2D eigenvalue weighted by Crippen LogP contribution is -2.32. The van der Waals surface area contributed by atoms with E-state index in [0.717, 1.165) is 49.9 Å². The quantitative estimate of drug-likeness (QED) is 0.909. The number of nitrogens with one attached hydrogen (secondary N) is 2. The maximum absolute atomic E-state index is 13.3. The summed E-state index contributed by atoms with van der Waals surface area (Å²) in [6, 6.07) is 6.81. The zero-order chi connectivity index (χ0) is 16.5. The summed E-state index contributed by atoms with van der Waals surface area (Å²) in [5.41, 5.74) is 2.44. The number of aromatic nitrogens is 2. The molecule has 2 aromatic rings. The summed E-state index contributed by atoms with van der Waals surface area (Å²) in [6.07, 6.45) is 5.68. The van der Waals surface area contributed by atoms with Gasteiger partial charge in [-0.15, -0.1) is 0 Å². The van der Waals surface area contributed by atoms with Gasteiger partial charge in [-0.25, -0.2) is 4.39 Å². The Hall–Kier alpha value is -2.21. The Kier molecular flexibility index (Phi) is 4.06. The average molecular weight is 328 g/mol. The van der Waals surface area contributed by atoms with Crippen molar-refractivity contribution in [2.75, 3.05) is 13.1 Å². The Morgan fingerprint density at radius 2 is 2.25 bits per heavy atom. The van der Waals surface area contributed by atoms with Gasteiger partial charge >= 0.3 is 0 Å². The molecule has 2 atom stereocenters. The van der Waals surface area contributed by atoms with Crippen molar-refractivity contribution in [3.05, 3.63) is 53.1 Å². The molecule has 1 aromatic heterocycles. The van der Waals surface area contributed by atoms with Crippen molar-refractivity contribution in [3.8, 4) is 0 Å². The van der Waals surface area contributed by atoms with Crippen LogP contribution in [-0.2, 0) is 6.42 Å². The minimum atomic E-state index is -0.222. The first-order chi connectivity index (χ1) is 11.7. The van der Waals surface area contributed by atoms with E-state index in [2.05, 4.69) is 15.7 Å². The van der Waals surface area contributed by atoms with Crippen molar-refractivity contribution in [2.24, 2.45) is 0 Å². The SMILES string of the molecule is O=C(NC1CCc2cc(F)ccc21)c1ccn(C2CCCNC2)n1. The number of fused-ring (bicyclic) bond motifs is 1. The smallest absolute Gasteiger partial charge is 0.272 e. The Morgan fingerprint density at radius 3 is 3.08 bits per heavy atom. The summed E-state index contributed by atoms with van der Waals surface area (Å²) in [4.78, 5) is 12.5. The Balaban J connectivity index is 1.45. The van der Waals surface area contributed by atoms with Gasteiger partial charge in [-0.3, -0.25) is 9.48 Å². The fourth-order valence-corrected chi connectivity index (χ4v) is 3.69. The summed E-state index contributed by atoms with van der Waals surface area (Å²) >= 11 is 0. The molecule has 2 heterocycles. The van der Waals surface area contributed by atoms with Gasteiger partial charge in [-0.2, -0.15) is 5.10 Å². The van der Waals surface area contributed by atoms with Crippen molar-refractivity contribution in [2.45, 2.75) is 37.8 Å². The third kappa shape index (κ3) is 2.94. The van der Waals surface area contributed by atoms with Crippen LogP contribution < -0.4 is 10.6 Å². The number of hydrogen-bond acceptors (Lipinski definition) is 3. The van der Waals surface area contributed by atoms with Gasteiger partial charge in [0.2, 0.25) is 0 Å². The molecular formula is C18H21FN4O. The maximum atomic E-state index is 13.3. The molecule has 0 saturated carbocycles. The maximum Gasteiger partial charge on any atom is 0.272 e. The molecule has 1 fully saturated rings. The first-order valence-corrected chi connectivity index (χ1v) is 8.56. The van der Waals surface area contributed by atoms with Crippen LogP contribution in [0.2, 0.25) is 0 Å². The molecule has 1 aliphatic carbocycles. The van der Waals surface area contributed by atoms with Crippen molar-refractivity contribution >= 4 is 5.91 Å². The Morgan fingerprint density at radius 1 is 1.33 bits per heavy atom. The minimum absolute atomic E-state index is 0.0606. The first-order valence-electron chi connectivity index (χ1n) is 8.56. The normalized spacial score (nSPS) is 23.0. The first kappa shape index (κ1) is 15.3. The number of rotatable bonds is 3. The molecule has 6 heteroatoms. The van der Waals surface area contributed by atoms with Gasteiger partial charge in [0.25, 0.3) is 5.91 Å². The number of amides is 1. The predicted octanol–water partition coefficient (Wildman–Crippen LogP) is 2.36. The highest BCUT2D eigenvalue weighted by Gasteiger charge is 2.25.